The molecule has 36 heavy (non-hydrogen) atoms. The van der Waals surface area contributed by atoms with Gasteiger partial charge in [-0.15, -0.1) is 0 Å². The predicted molar refractivity (Wildman–Crippen MR) is 131 cm³/mol. The number of aromatic nitrogens is 2. The zero-order chi connectivity index (χ0) is 24.8. The number of amides is 1. The van der Waals surface area contributed by atoms with Gasteiger partial charge in [-0.1, -0.05) is 12.1 Å². The molecule has 2 aliphatic rings. The Balaban J connectivity index is 1.32. The van der Waals surface area contributed by atoms with Gasteiger partial charge in [0, 0.05) is 35.6 Å². The molecule has 2 aliphatic carbocycles. The summed E-state index contributed by atoms with van der Waals surface area (Å²) in [5.41, 5.74) is 2.57. The Kier molecular flexibility index (Phi) is 5.59. The van der Waals surface area contributed by atoms with Gasteiger partial charge >= 0.3 is 0 Å². The van der Waals surface area contributed by atoms with Crippen molar-refractivity contribution in [2.24, 2.45) is 0 Å². The molecule has 0 spiro atoms. The maximum absolute atomic E-state index is 14.9. The molecule has 3 aromatic carbocycles. The topological polar surface area (TPSA) is 58.1 Å². The van der Waals surface area contributed by atoms with Crippen LogP contribution in [0.2, 0.25) is 0 Å². The molecule has 1 aromatic heterocycles. The Morgan fingerprint density at radius 3 is 2.42 bits per heavy atom. The monoisotopic (exact) mass is 488 g/mol. The lowest BCUT2D eigenvalue weighted by molar-refractivity contribution is 0.0723. The van der Waals surface area contributed by atoms with E-state index >= 15 is 0 Å². The van der Waals surface area contributed by atoms with E-state index in [1.807, 2.05) is 18.2 Å². The molecule has 5 nitrogen and oxygen atoms in total. The Hall–Kier alpha value is -3.94. The highest BCUT2D eigenvalue weighted by atomic mass is 19.1. The maximum Gasteiger partial charge on any atom is 0.257 e. The van der Waals surface area contributed by atoms with Crippen molar-refractivity contribution in [2.45, 2.75) is 44.3 Å². The first-order chi connectivity index (χ1) is 17.5. The van der Waals surface area contributed by atoms with Crippen molar-refractivity contribution >= 4 is 22.6 Å². The molecule has 6 rings (SSSR count). The summed E-state index contributed by atoms with van der Waals surface area (Å²) >= 11 is 0. The molecule has 0 unspecified atom stereocenters. The Morgan fingerprint density at radius 2 is 1.67 bits per heavy atom. The lowest BCUT2D eigenvalue weighted by Gasteiger charge is -2.23. The number of nitrogens with one attached hydrogen (secondary N) is 1. The van der Waals surface area contributed by atoms with Crippen LogP contribution in [0.25, 0.3) is 22.0 Å². The van der Waals surface area contributed by atoms with Gasteiger partial charge in [0.05, 0.1) is 11.1 Å². The molecule has 0 radical (unpaired) electrons. The first-order valence-electron chi connectivity index (χ1n) is 12.0. The molecular formula is C28H23F3N4O. The van der Waals surface area contributed by atoms with Crippen LogP contribution >= 0.6 is 0 Å². The molecule has 182 valence electrons. The zero-order valence-corrected chi connectivity index (χ0v) is 19.3. The van der Waals surface area contributed by atoms with Crippen molar-refractivity contribution in [2.75, 3.05) is 5.32 Å². The number of carbonyl (C=O) groups excluding carboxylic acids is 1. The summed E-state index contributed by atoms with van der Waals surface area (Å²) in [7, 11) is 0. The van der Waals surface area contributed by atoms with E-state index in [1.165, 1.54) is 17.3 Å². The Bertz CT molecular complexity index is 1480. The average Bonchev–Trinajstić information content (AvgIpc) is 3.79. The molecule has 0 bridgehead atoms. The molecule has 0 aliphatic heterocycles. The van der Waals surface area contributed by atoms with Crippen LogP contribution in [0.3, 0.4) is 0 Å². The third kappa shape index (κ3) is 4.51. The van der Waals surface area contributed by atoms with Crippen LogP contribution in [0.1, 0.15) is 41.6 Å². The number of halogens is 3. The van der Waals surface area contributed by atoms with Gasteiger partial charge in [0.1, 0.15) is 29.6 Å². The Morgan fingerprint density at radius 1 is 0.889 bits per heavy atom. The molecule has 2 fully saturated rings. The van der Waals surface area contributed by atoms with Crippen molar-refractivity contribution < 1.29 is 18.0 Å². The predicted octanol–water partition coefficient (Wildman–Crippen LogP) is 6.09. The number of hydrogen-bond acceptors (Lipinski definition) is 4. The fraction of sp³-hybridized carbons (Fsp3) is 0.250. The van der Waals surface area contributed by atoms with Gasteiger partial charge in [0.2, 0.25) is 0 Å². The summed E-state index contributed by atoms with van der Waals surface area (Å²) < 4.78 is 42.6. The average molecular weight is 489 g/mol. The van der Waals surface area contributed by atoms with Gasteiger partial charge in [0.25, 0.3) is 5.91 Å². The molecule has 1 amide bonds. The number of anilines is 1. The zero-order valence-electron chi connectivity index (χ0n) is 19.3. The molecule has 1 heterocycles. The van der Waals surface area contributed by atoms with Crippen LogP contribution in [0.15, 0.2) is 60.9 Å². The first-order valence-corrected chi connectivity index (χ1v) is 12.0. The number of benzene rings is 3. The molecule has 4 aromatic rings. The van der Waals surface area contributed by atoms with E-state index < -0.39 is 23.4 Å². The lowest BCUT2D eigenvalue weighted by Crippen LogP contribution is -2.33. The minimum Gasteiger partial charge on any atom is -0.367 e. The van der Waals surface area contributed by atoms with Crippen LogP contribution < -0.4 is 5.32 Å². The maximum atomic E-state index is 14.9. The Labute approximate surface area is 206 Å². The second-order valence-electron chi connectivity index (χ2n) is 9.47. The number of hydrogen-bond donors (Lipinski definition) is 1. The standard InChI is InChI=1S/C28H23F3N4O/c29-19-3-8-22(25(31)13-19)28(36)35(21-6-7-21)14-18-11-16(1-9-24(18)30)17-2-10-26-23(12-17)27(33-15-32-26)34-20-4-5-20/h1-3,8-13,15,20-21H,4-7,14H2,(H,32,33,34). The fourth-order valence-electron chi connectivity index (χ4n) is 4.40. The van der Waals surface area contributed by atoms with E-state index in [0.717, 1.165) is 65.7 Å². The van der Waals surface area contributed by atoms with E-state index in [1.54, 1.807) is 12.1 Å². The number of rotatable bonds is 7. The second-order valence-corrected chi connectivity index (χ2v) is 9.47. The number of fused-ring (bicyclic) bond motifs is 1. The van der Waals surface area contributed by atoms with Crippen molar-refractivity contribution in [1.82, 2.24) is 14.9 Å². The quantitative estimate of drug-likeness (QED) is 0.342. The van der Waals surface area contributed by atoms with Gasteiger partial charge < -0.3 is 10.2 Å². The summed E-state index contributed by atoms with van der Waals surface area (Å²) in [5, 5.41) is 4.31. The van der Waals surface area contributed by atoms with Crippen LogP contribution in [-0.2, 0) is 6.54 Å². The lowest BCUT2D eigenvalue weighted by atomic mass is 10.0. The highest BCUT2D eigenvalue weighted by Crippen LogP contribution is 2.34. The molecule has 2 saturated carbocycles. The van der Waals surface area contributed by atoms with Crippen molar-refractivity contribution in [1.29, 1.82) is 0 Å². The summed E-state index contributed by atoms with van der Waals surface area (Å²) in [5.74, 6) is -1.92. The second kappa shape index (κ2) is 8.93. The van der Waals surface area contributed by atoms with E-state index in [4.69, 9.17) is 0 Å². The summed E-state index contributed by atoms with van der Waals surface area (Å²) in [6, 6.07) is 13.8. The van der Waals surface area contributed by atoms with Crippen LogP contribution in [0, 0.1) is 17.5 Å². The van der Waals surface area contributed by atoms with Crippen molar-refractivity contribution in [3.8, 4) is 11.1 Å². The van der Waals surface area contributed by atoms with Crippen LogP contribution in [-0.4, -0.2) is 32.9 Å². The molecule has 0 saturated heterocycles. The normalized spacial score (nSPS) is 15.2. The first kappa shape index (κ1) is 22.5. The van der Waals surface area contributed by atoms with E-state index in [2.05, 4.69) is 15.3 Å². The summed E-state index contributed by atoms with van der Waals surface area (Å²) in [6.45, 7) is -0.00876. The smallest absolute Gasteiger partial charge is 0.257 e. The van der Waals surface area contributed by atoms with E-state index in [0.29, 0.717) is 17.7 Å². The van der Waals surface area contributed by atoms with Gasteiger partial charge in [-0.3, -0.25) is 4.79 Å². The van der Waals surface area contributed by atoms with Crippen LogP contribution in [0.5, 0.6) is 0 Å². The number of nitrogens with zero attached hydrogens (tertiary/aromatic N) is 3. The van der Waals surface area contributed by atoms with Gasteiger partial charge in [-0.2, -0.15) is 0 Å². The minimum absolute atomic E-state index is 0.00876. The summed E-state index contributed by atoms with van der Waals surface area (Å²) in [6.07, 6.45) is 5.29. The highest BCUT2D eigenvalue weighted by Gasteiger charge is 2.34. The van der Waals surface area contributed by atoms with Crippen molar-refractivity contribution in [3.05, 3.63) is 89.5 Å². The fourth-order valence-corrected chi connectivity index (χ4v) is 4.40. The molecule has 1 N–H and O–H groups in total. The largest absolute Gasteiger partial charge is 0.367 e. The highest BCUT2D eigenvalue weighted by molar-refractivity contribution is 5.95. The van der Waals surface area contributed by atoms with Gasteiger partial charge in [-0.05, 0) is 73.2 Å². The van der Waals surface area contributed by atoms with E-state index in [-0.39, 0.29) is 18.2 Å². The molecular weight excluding hydrogens is 465 g/mol. The molecule has 0 atom stereocenters. The van der Waals surface area contributed by atoms with Crippen LogP contribution in [0.4, 0.5) is 19.0 Å². The van der Waals surface area contributed by atoms with E-state index in [9.17, 15) is 18.0 Å². The molecule has 8 heteroatoms. The number of carbonyl (C=O) groups is 1. The van der Waals surface area contributed by atoms with Gasteiger partial charge in [0.15, 0.2) is 0 Å². The third-order valence-electron chi connectivity index (χ3n) is 6.68. The summed E-state index contributed by atoms with van der Waals surface area (Å²) in [4.78, 5) is 23.4. The minimum atomic E-state index is -0.922. The van der Waals surface area contributed by atoms with Crippen molar-refractivity contribution in [3.63, 3.8) is 0 Å². The van der Waals surface area contributed by atoms with Gasteiger partial charge in [-0.25, -0.2) is 23.1 Å². The third-order valence-corrected chi connectivity index (χ3v) is 6.68. The SMILES string of the molecule is O=C(c1ccc(F)cc1F)N(Cc1cc(-c2ccc3ncnc(NC4CC4)c3c2)ccc1F)C1CC1.